The number of fused-ring (bicyclic) bond motifs is 1. The Kier molecular flexibility index (Phi) is 6.17. The average Bonchev–Trinajstić information content (AvgIpc) is 3.66. The van der Waals surface area contributed by atoms with Crippen LogP contribution in [-0.2, 0) is 25.7 Å². The number of imidazole rings is 1. The number of hydrogen-bond acceptors (Lipinski definition) is 8. The lowest BCUT2D eigenvalue weighted by molar-refractivity contribution is 0.102. The highest BCUT2D eigenvalue weighted by Crippen LogP contribution is 2.36. The molecule has 12 heteroatoms. The Morgan fingerprint density at radius 3 is 2.54 bits per heavy atom. The molecular formula is C25H28N10O2. The number of benzene rings is 1. The molecule has 12 nitrogen and oxygen atoms in total. The van der Waals surface area contributed by atoms with Gasteiger partial charge in [-0.3, -0.25) is 19.5 Å². The molecule has 0 aliphatic heterocycles. The first kappa shape index (κ1) is 24.1. The second-order valence-corrected chi connectivity index (χ2v) is 8.52. The van der Waals surface area contributed by atoms with Gasteiger partial charge in [-0.1, -0.05) is 30.3 Å². The van der Waals surface area contributed by atoms with Gasteiger partial charge in [-0.15, -0.1) is 5.10 Å². The van der Waals surface area contributed by atoms with Crippen molar-refractivity contribution in [2.24, 2.45) is 12.8 Å². The molecule has 4 heterocycles. The summed E-state index contributed by atoms with van der Waals surface area (Å²) in [6.07, 6.45) is 5.17. The lowest BCUT2D eigenvalue weighted by atomic mass is 9.84. The Labute approximate surface area is 213 Å². The van der Waals surface area contributed by atoms with Gasteiger partial charge >= 0.3 is 0 Å². The number of carbonyl (C=O) groups excluding carboxylic acids is 1. The zero-order chi connectivity index (χ0) is 26.2. The first-order chi connectivity index (χ1) is 17.9. The Hall–Kier alpha value is -4.58. The minimum absolute atomic E-state index is 0.135. The third-order valence-electron chi connectivity index (χ3n) is 6.29. The fourth-order valence-electron chi connectivity index (χ4n) is 4.40. The zero-order valence-corrected chi connectivity index (χ0v) is 21.1. The highest BCUT2D eigenvalue weighted by atomic mass is 16.5. The van der Waals surface area contributed by atoms with Gasteiger partial charge in [0.1, 0.15) is 23.3 Å². The van der Waals surface area contributed by atoms with Gasteiger partial charge in [-0.25, -0.2) is 9.97 Å². The highest BCUT2D eigenvalue weighted by molar-refractivity contribution is 6.06. The van der Waals surface area contributed by atoms with E-state index < -0.39 is 11.4 Å². The SMILES string of the molecule is CCn1cnc(NC(=O)c2cc3c(nc2OC)nc(C(N)(c2ccccc2)c2cnn(C)c2)n3CC)n1. The van der Waals surface area contributed by atoms with Crippen LogP contribution >= 0.6 is 0 Å². The first-order valence-corrected chi connectivity index (χ1v) is 11.9. The number of nitrogens with zero attached hydrogens (tertiary/aromatic N) is 8. The summed E-state index contributed by atoms with van der Waals surface area (Å²) in [5.41, 5.74) is 8.98. The smallest absolute Gasteiger partial charge is 0.263 e. The second kappa shape index (κ2) is 9.47. The zero-order valence-electron chi connectivity index (χ0n) is 21.1. The summed E-state index contributed by atoms with van der Waals surface area (Å²) in [6.45, 7) is 5.10. The minimum Gasteiger partial charge on any atom is -0.480 e. The van der Waals surface area contributed by atoms with Gasteiger partial charge in [-0.05, 0) is 25.5 Å². The second-order valence-electron chi connectivity index (χ2n) is 8.52. The van der Waals surface area contributed by atoms with Crippen LogP contribution in [0.1, 0.15) is 41.2 Å². The molecule has 0 saturated carbocycles. The van der Waals surface area contributed by atoms with Gasteiger partial charge < -0.3 is 15.0 Å². The molecule has 0 bridgehead atoms. The van der Waals surface area contributed by atoms with E-state index in [0.717, 1.165) is 11.1 Å². The predicted molar refractivity (Wildman–Crippen MR) is 137 cm³/mol. The maximum atomic E-state index is 13.2. The van der Waals surface area contributed by atoms with Gasteiger partial charge in [0.05, 0.1) is 18.8 Å². The van der Waals surface area contributed by atoms with E-state index in [1.54, 1.807) is 28.0 Å². The minimum atomic E-state index is -1.13. The maximum Gasteiger partial charge on any atom is 0.263 e. The maximum absolute atomic E-state index is 13.2. The number of amides is 1. The number of ether oxygens (including phenoxy) is 1. The number of anilines is 1. The van der Waals surface area contributed by atoms with E-state index in [1.807, 2.05) is 62.0 Å². The molecule has 0 saturated heterocycles. The van der Waals surface area contributed by atoms with Crippen LogP contribution in [-0.4, -0.2) is 52.1 Å². The molecule has 0 aliphatic rings. The fraction of sp³-hybridized carbons (Fsp3) is 0.280. The molecular weight excluding hydrogens is 472 g/mol. The van der Waals surface area contributed by atoms with Crippen molar-refractivity contribution in [1.82, 2.24) is 39.1 Å². The van der Waals surface area contributed by atoms with Crippen molar-refractivity contribution in [3.63, 3.8) is 0 Å². The molecule has 0 aliphatic carbocycles. The van der Waals surface area contributed by atoms with Crippen molar-refractivity contribution >= 4 is 23.0 Å². The quantitative estimate of drug-likeness (QED) is 0.330. The Balaban J connectivity index is 1.67. The summed E-state index contributed by atoms with van der Waals surface area (Å²) >= 11 is 0. The number of nitrogens with one attached hydrogen (secondary N) is 1. The lowest BCUT2D eigenvalue weighted by Gasteiger charge is -2.29. The molecule has 1 aromatic carbocycles. The molecule has 5 rings (SSSR count). The van der Waals surface area contributed by atoms with Crippen LogP contribution in [0.15, 0.2) is 55.1 Å². The van der Waals surface area contributed by atoms with Crippen molar-refractivity contribution < 1.29 is 9.53 Å². The first-order valence-electron chi connectivity index (χ1n) is 11.9. The average molecular weight is 501 g/mol. The third kappa shape index (κ3) is 4.10. The number of pyridine rings is 1. The van der Waals surface area contributed by atoms with E-state index in [-0.39, 0.29) is 17.4 Å². The largest absolute Gasteiger partial charge is 0.480 e. The number of nitrogens with two attached hydrogens (primary N) is 1. The van der Waals surface area contributed by atoms with Crippen LogP contribution in [0.4, 0.5) is 5.95 Å². The van der Waals surface area contributed by atoms with Gasteiger partial charge in [0.2, 0.25) is 11.8 Å². The van der Waals surface area contributed by atoms with Crippen LogP contribution < -0.4 is 15.8 Å². The Morgan fingerprint density at radius 1 is 1.14 bits per heavy atom. The van der Waals surface area contributed by atoms with E-state index in [2.05, 4.69) is 25.5 Å². The molecule has 5 aromatic rings. The number of rotatable bonds is 8. The predicted octanol–water partition coefficient (Wildman–Crippen LogP) is 2.31. The summed E-state index contributed by atoms with van der Waals surface area (Å²) in [5.74, 6) is 0.454. The summed E-state index contributed by atoms with van der Waals surface area (Å²) < 4.78 is 10.8. The van der Waals surface area contributed by atoms with Crippen LogP contribution in [0.3, 0.4) is 0 Å². The third-order valence-corrected chi connectivity index (χ3v) is 6.29. The molecule has 1 amide bonds. The van der Waals surface area contributed by atoms with Crippen molar-refractivity contribution in [1.29, 1.82) is 0 Å². The monoisotopic (exact) mass is 500 g/mol. The number of aromatic nitrogens is 8. The van der Waals surface area contributed by atoms with Crippen molar-refractivity contribution in [2.75, 3.05) is 12.4 Å². The molecule has 0 spiro atoms. The van der Waals surface area contributed by atoms with Crippen LogP contribution in [0.5, 0.6) is 5.88 Å². The van der Waals surface area contributed by atoms with Gasteiger partial charge in [-0.2, -0.15) is 10.1 Å². The molecule has 4 aromatic heterocycles. The standard InChI is InChI=1S/C25H28N10O2/c1-5-34-15-27-24(32-34)31-21(36)18-12-19-20(29-22(18)37-4)30-23(35(19)6-2)25(26,16-10-8-7-9-11-16)17-13-28-33(3)14-17/h7-15H,5-6,26H2,1-4H3,(H,31,32,36). The van der Waals surface area contributed by atoms with E-state index >= 15 is 0 Å². The topological polar surface area (TPSA) is 144 Å². The van der Waals surface area contributed by atoms with Crippen LogP contribution in [0.25, 0.3) is 11.2 Å². The molecule has 0 fully saturated rings. The number of hydrogen-bond donors (Lipinski definition) is 2. The molecule has 1 atom stereocenters. The van der Waals surface area contributed by atoms with Gasteiger partial charge in [0.15, 0.2) is 5.65 Å². The molecule has 37 heavy (non-hydrogen) atoms. The summed E-state index contributed by atoms with van der Waals surface area (Å²) in [6, 6.07) is 11.4. The van der Waals surface area contributed by atoms with Gasteiger partial charge in [0.25, 0.3) is 5.91 Å². The number of carbonyl (C=O) groups is 1. The van der Waals surface area contributed by atoms with E-state index in [0.29, 0.717) is 30.1 Å². The fourth-order valence-corrected chi connectivity index (χ4v) is 4.40. The van der Waals surface area contributed by atoms with Crippen molar-refractivity contribution in [3.8, 4) is 5.88 Å². The summed E-state index contributed by atoms with van der Waals surface area (Å²) in [4.78, 5) is 26.8. The molecule has 190 valence electrons. The molecule has 1 unspecified atom stereocenters. The van der Waals surface area contributed by atoms with Crippen molar-refractivity contribution in [2.45, 2.75) is 32.5 Å². The van der Waals surface area contributed by atoms with E-state index in [1.165, 1.54) is 7.11 Å². The van der Waals surface area contributed by atoms with Crippen LogP contribution in [0.2, 0.25) is 0 Å². The van der Waals surface area contributed by atoms with Crippen LogP contribution in [0, 0.1) is 0 Å². The van der Waals surface area contributed by atoms with E-state index in [4.69, 9.17) is 15.5 Å². The van der Waals surface area contributed by atoms with E-state index in [9.17, 15) is 4.79 Å². The van der Waals surface area contributed by atoms with Crippen molar-refractivity contribution in [3.05, 3.63) is 77.6 Å². The Bertz CT molecular complexity index is 1570. The lowest BCUT2D eigenvalue weighted by Crippen LogP contribution is -2.41. The number of methoxy groups -OCH3 is 1. The summed E-state index contributed by atoms with van der Waals surface area (Å²) in [7, 11) is 3.30. The normalized spacial score (nSPS) is 13.0. The number of aryl methyl sites for hydroxylation is 3. The highest BCUT2D eigenvalue weighted by Gasteiger charge is 2.38. The summed E-state index contributed by atoms with van der Waals surface area (Å²) in [5, 5.41) is 11.3. The molecule has 0 radical (unpaired) electrons. The molecule has 3 N–H and O–H groups in total. The van der Waals surface area contributed by atoms with Gasteiger partial charge in [0, 0.05) is 31.9 Å². The Morgan fingerprint density at radius 2 is 1.92 bits per heavy atom.